The molecule has 0 spiro atoms. The molecule has 0 bridgehead atoms. The van der Waals surface area contributed by atoms with Crippen LogP contribution in [0, 0.1) is 5.82 Å². The Morgan fingerprint density at radius 2 is 1.45 bits per heavy atom. The van der Waals surface area contributed by atoms with Gasteiger partial charge < -0.3 is 19.9 Å². The van der Waals surface area contributed by atoms with Gasteiger partial charge in [-0.3, -0.25) is 14.4 Å². The summed E-state index contributed by atoms with van der Waals surface area (Å²) < 4.78 is 18.0. The normalized spacial score (nSPS) is 13.7. The van der Waals surface area contributed by atoms with Gasteiger partial charge in [0.25, 0.3) is 11.8 Å². The molecule has 0 unspecified atom stereocenters. The average Bonchev–Trinajstić information content (AvgIpc) is 2.77. The number of benzene rings is 2. The molecule has 1 fully saturated rings. The Balaban J connectivity index is 1.46. The molecule has 1 saturated heterocycles. The second-order valence-corrected chi connectivity index (χ2v) is 6.59. The summed E-state index contributed by atoms with van der Waals surface area (Å²) in [6, 6.07) is 12.0. The number of piperazine rings is 1. The third-order valence-corrected chi connectivity index (χ3v) is 4.76. The van der Waals surface area contributed by atoms with Gasteiger partial charge in [-0.25, -0.2) is 4.39 Å². The second kappa shape index (κ2) is 9.18. The van der Waals surface area contributed by atoms with Gasteiger partial charge in [0.1, 0.15) is 11.6 Å². The first-order chi connectivity index (χ1) is 14.0. The van der Waals surface area contributed by atoms with E-state index in [1.54, 1.807) is 41.2 Å². The van der Waals surface area contributed by atoms with Gasteiger partial charge in [-0.05, 0) is 48.5 Å². The van der Waals surface area contributed by atoms with Crippen LogP contribution in [0.5, 0.6) is 5.75 Å². The molecular formula is C21H22FN3O4. The zero-order valence-corrected chi connectivity index (χ0v) is 16.1. The number of hydrogen-bond acceptors (Lipinski definition) is 4. The van der Waals surface area contributed by atoms with E-state index in [0.717, 1.165) is 0 Å². The minimum atomic E-state index is -0.438. The fourth-order valence-electron chi connectivity index (χ4n) is 3.05. The molecule has 0 radical (unpaired) electrons. The highest BCUT2D eigenvalue weighted by Gasteiger charge is 2.25. The van der Waals surface area contributed by atoms with E-state index in [1.165, 1.54) is 24.3 Å². The molecule has 1 heterocycles. The van der Waals surface area contributed by atoms with E-state index >= 15 is 0 Å². The van der Waals surface area contributed by atoms with E-state index in [-0.39, 0.29) is 23.9 Å². The molecule has 3 amide bonds. The van der Waals surface area contributed by atoms with E-state index in [0.29, 0.717) is 37.5 Å². The van der Waals surface area contributed by atoms with Crippen molar-refractivity contribution in [2.75, 3.05) is 39.8 Å². The smallest absolute Gasteiger partial charge is 0.253 e. The van der Waals surface area contributed by atoms with Crippen LogP contribution in [0.2, 0.25) is 0 Å². The van der Waals surface area contributed by atoms with Gasteiger partial charge in [-0.15, -0.1) is 0 Å². The molecule has 1 N–H and O–H groups in total. The van der Waals surface area contributed by atoms with Gasteiger partial charge in [0.15, 0.2) is 0 Å². The number of nitrogens with one attached hydrogen (secondary N) is 1. The van der Waals surface area contributed by atoms with Crippen LogP contribution < -0.4 is 10.1 Å². The fraction of sp³-hybridized carbons (Fsp3) is 0.286. The topological polar surface area (TPSA) is 79.0 Å². The Labute approximate surface area is 168 Å². The first kappa shape index (κ1) is 20.3. The van der Waals surface area contributed by atoms with Crippen LogP contribution in [0.4, 0.5) is 4.39 Å². The highest BCUT2D eigenvalue weighted by atomic mass is 19.1. The molecule has 0 aromatic heterocycles. The number of methoxy groups -OCH3 is 1. The van der Waals surface area contributed by atoms with E-state index in [9.17, 15) is 18.8 Å². The molecule has 29 heavy (non-hydrogen) atoms. The van der Waals surface area contributed by atoms with E-state index < -0.39 is 11.7 Å². The molecule has 7 nitrogen and oxygen atoms in total. The fourth-order valence-corrected chi connectivity index (χ4v) is 3.05. The van der Waals surface area contributed by atoms with Crippen molar-refractivity contribution in [3.63, 3.8) is 0 Å². The van der Waals surface area contributed by atoms with Crippen molar-refractivity contribution in [3.8, 4) is 5.75 Å². The number of ether oxygens (including phenoxy) is 1. The quantitative estimate of drug-likeness (QED) is 0.828. The average molecular weight is 399 g/mol. The predicted octanol–water partition coefficient (Wildman–Crippen LogP) is 1.55. The standard InChI is InChI=1S/C21H22FN3O4/c1-29-18-8-4-16(5-9-18)21(28)25-12-10-24(11-13-25)19(26)14-23-20(27)15-2-6-17(22)7-3-15/h2-9H,10-14H2,1H3,(H,23,27). The van der Waals surface area contributed by atoms with Gasteiger partial charge in [0, 0.05) is 37.3 Å². The molecule has 0 saturated carbocycles. The molecule has 1 aliphatic rings. The van der Waals surface area contributed by atoms with Crippen molar-refractivity contribution >= 4 is 17.7 Å². The van der Waals surface area contributed by atoms with E-state index in [2.05, 4.69) is 5.32 Å². The van der Waals surface area contributed by atoms with Gasteiger partial charge in [0.2, 0.25) is 5.91 Å². The van der Waals surface area contributed by atoms with Gasteiger partial charge in [-0.2, -0.15) is 0 Å². The van der Waals surface area contributed by atoms with Crippen LogP contribution in [0.1, 0.15) is 20.7 Å². The summed E-state index contributed by atoms with van der Waals surface area (Å²) in [7, 11) is 1.56. The molecular weight excluding hydrogens is 377 g/mol. The van der Waals surface area contributed by atoms with Gasteiger partial charge >= 0.3 is 0 Å². The first-order valence-electron chi connectivity index (χ1n) is 9.23. The lowest BCUT2D eigenvalue weighted by Gasteiger charge is -2.34. The van der Waals surface area contributed by atoms with Crippen molar-refractivity contribution in [1.29, 1.82) is 0 Å². The minimum absolute atomic E-state index is 0.0932. The predicted molar refractivity (Wildman–Crippen MR) is 104 cm³/mol. The number of hydrogen-bond donors (Lipinski definition) is 1. The van der Waals surface area contributed by atoms with E-state index in [1.807, 2.05) is 0 Å². The first-order valence-corrected chi connectivity index (χ1v) is 9.23. The molecule has 0 aliphatic carbocycles. The molecule has 152 valence electrons. The maximum Gasteiger partial charge on any atom is 0.253 e. The Bertz CT molecular complexity index is 876. The Hall–Kier alpha value is -3.42. The van der Waals surface area contributed by atoms with Gasteiger partial charge in [-0.1, -0.05) is 0 Å². The monoisotopic (exact) mass is 399 g/mol. The molecule has 3 rings (SSSR count). The SMILES string of the molecule is COc1ccc(C(=O)N2CCN(C(=O)CNC(=O)c3ccc(F)cc3)CC2)cc1. The molecule has 2 aromatic carbocycles. The summed E-state index contributed by atoms with van der Waals surface area (Å²) in [5.41, 5.74) is 0.853. The lowest BCUT2D eigenvalue weighted by atomic mass is 10.1. The summed E-state index contributed by atoms with van der Waals surface area (Å²) in [5, 5.41) is 2.54. The molecule has 2 aromatic rings. The summed E-state index contributed by atoms with van der Waals surface area (Å²) in [4.78, 5) is 40.2. The Kier molecular flexibility index (Phi) is 6.43. The zero-order chi connectivity index (χ0) is 20.8. The highest BCUT2D eigenvalue weighted by Crippen LogP contribution is 2.14. The Morgan fingerprint density at radius 1 is 0.897 bits per heavy atom. The third-order valence-electron chi connectivity index (χ3n) is 4.76. The van der Waals surface area contributed by atoms with Crippen LogP contribution in [0.15, 0.2) is 48.5 Å². The number of carbonyl (C=O) groups excluding carboxylic acids is 3. The third kappa shape index (κ3) is 5.10. The molecule has 1 aliphatic heterocycles. The van der Waals surface area contributed by atoms with E-state index in [4.69, 9.17) is 4.74 Å². The van der Waals surface area contributed by atoms with Crippen molar-refractivity contribution in [1.82, 2.24) is 15.1 Å². The molecule has 8 heteroatoms. The highest BCUT2D eigenvalue weighted by molar-refractivity contribution is 5.96. The van der Waals surface area contributed by atoms with Crippen molar-refractivity contribution in [2.45, 2.75) is 0 Å². The van der Waals surface area contributed by atoms with Crippen LogP contribution in [0.3, 0.4) is 0 Å². The maximum absolute atomic E-state index is 12.9. The van der Waals surface area contributed by atoms with Crippen molar-refractivity contribution in [2.24, 2.45) is 0 Å². The number of rotatable bonds is 5. The minimum Gasteiger partial charge on any atom is -0.497 e. The Morgan fingerprint density at radius 3 is 2.03 bits per heavy atom. The number of nitrogens with zero attached hydrogens (tertiary/aromatic N) is 2. The maximum atomic E-state index is 12.9. The number of amides is 3. The summed E-state index contributed by atoms with van der Waals surface area (Å²) in [5.74, 6) is -0.507. The van der Waals surface area contributed by atoms with Crippen LogP contribution in [-0.4, -0.2) is 67.4 Å². The number of carbonyl (C=O) groups is 3. The summed E-state index contributed by atoms with van der Waals surface area (Å²) >= 11 is 0. The van der Waals surface area contributed by atoms with Crippen LogP contribution in [0.25, 0.3) is 0 Å². The van der Waals surface area contributed by atoms with Crippen molar-refractivity contribution < 1.29 is 23.5 Å². The summed E-state index contributed by atoms with van der Waals surface area (Å²) in [6.45, 7) is 1.48. The second-order valence-electron chi connectivity index (χ2n) is 6.59. The van der Waals surface area contributed by atoms with Crippen LogP contribution >= 0.6 is 0 Å². The largest absolute Gasteiger partial charge is 0.497 e. The zero-order valence-electron chi connectivity index (χ0n) is 16.1. The number of halogens is 1. The summed E-state index contributed by atoms with van der Waals surface area (Å²) in [6.07, 6.45) is 0. The lowest BCUT2D eigenvalue weighted by molar-refractivity contribution is -0.131. The van der Waals surface area contributed by atoms with Crippen molar-refractivity contribution in [3.05, 3.63) is 65.5 Å². The molecule has 0 atom stereocenters. The van der Waals surface area contributed by atoms with Gasteiger partial charge in [0.05, 0.1) is 13.7 Å². The van der Waals surface area contributed by atoms with Crippen LogP contribution in [-0.2, 0) is 4.79 Å². The lowest BCUT2D eigenvalue weighted by Crippen LogP contribution is -2.52.